The highest BCUT2D eigenvalue weighted by atomic mass is 16.4. The van der Waals surface area contributed by atoms with Crippen molar-refractivity contribution in [2.75, 3.05) is 0 Å². The Labute approximate surface area is 74.4 Å². The molecule has 72 valence electrons. The Morgan fingerprint density at radius 3 is 1.85 bits per heavy atom. The molecule has 0 aliphatic carbocycles. The van der Waals surface area contributed by atoms with Gasteiger partial charge in [0.15, 0.2) is 0 Å². The molecule has 4 N–H and O–H groups in total. The summed E-state index contributed by atoms with van der Waals surface area (Å²) in [6.45, 7) is 1.42. The third-order valence-corrected chi connectivity index (χ3v) is 1.02. The van der Waals surface area contributed by atoms with Crippen LogP contribution in [0, 0.1) is 0 Å². The number of carboxylic acids is 1. The Morgan fingerprint density at radius 1 is 1.46 bits per heavy atom. The Balaban J connectivity index is 0.000000226. The lowest BCUT2D eigenvalue weighted by atomic mass is 10.4. The van der Waals surface area contributed by atoms with Gasteiger partial charge >= 0.3 is 5.97 Å². The highest BCUT2D eigenvalue weighted by Gasteiger charge is 2.06. The van der Waals surface area contributed by atoms with Crippen LogP contribution in [-0.2, 0) is 14.4 Å². The van der Waals surface area contributed by atoms with E-state index in [9.17, 15) is 14.4 Å². The highest BCUT2D eigenvalue weighted by Crippen LogP contribution is 1.82. The van der Waals surface area contributed by atoms with Crippen molar-refractivity contribution in [1.29, 1.82) is 0 Å². The average Bonchev–Trinajstić information content (AvgIpc) is 2.35. The Bertz CT molecular complexity index is 241. The number of nitrogens with one attached hydrogen (secondary N) is 1. The molecule has 0 aromatic carbocycles. The quantitative estimate of drug-likeness (QED) is 0.437. The number of carbonyl (C=O) groups is 3. The van der Waals surface area contributed by atoms with Crippen molar-refractivity contribution in [2.45, 2.75) is 13.0 Å². The van der Waals surface area contributed by atoms with Gasteiger partial charge in [0.05, 0.1) is 0 Å². The fourth-order valence-corrected chi connectivity index (χ4v) is 0.356. The van der Waals surface area contributed by atoms with Crippen LogP contribution in [0.5, 0.6) is 0 Å². The molecular weight excluding hydrogens is 176 g/mol. The fourth-order valence-electron chi connectivity index (χ4n) is 0.356. The van der Waals surface area contributed by atoms with Crippen molar-refractivity contribution >= 4 is 17.8 Å². The molecule has 6 heteroatoms. The summed E-state index contributed by atoms with van der Waals surface area (Å²) < 4.78 is 0. The first-order valence-electron chi connectivity index (χ1n) is 3.45. The molecule has 1 rings (SSSR count). The summed E-state index contributed by atoms with van der Waals surface area (Å²) in [7, 11) is 0. The maximum absolute atomic E-state index is 10.0. The van der Waals surface area contributed by atoms with Crippen LogP contribution in [0.3, 0.4) is 0 Å². The molecule has 0 radical (unpaired) electrons. The highest BCUT2D eigenvalue weighted by molar-refractivity contribution is 6.12. The number of nitrogens with two attached hydrogens (primary N) is 1. The first-order valence-corrected chi connectivity index (χ1v) is 3.45. The monoisotopic (exact) mass is 186 g/mol. The fraction of sp³-hybridized carbons (Fsp3) is 0.286. The van der Waals surface area contributed by atoms with Crippen LogP contribution in [-0.4, -0.2) is 28.9 Å². The standard InChI is InChI=1S/C4H3NO2.C3H7NO2/c6-3-1-2-4(7)5-3;1-2(4)3(5)6/h1-2H,(H,5,6,7);2H,4H2,1H3,(H,5,6). The second-order valence-electron chi connectivity index (χ2n) is 2.31. The third kappa shape index (κ3) is 5.57. The van der Waals surface area contributed by atoms with Gasteiger partial charge in [0.1, 0.15) is 6.04 Å². The van der Waals surface area contributed by atoms with E-state index in [2.05, 4.69) is 0 Å². The van der Waals surface area contributed by atoms with Crippen molar-refractivity contribution < 1.29 is 19.5 Å². The summed E-state index contributed by atoms with van der Waals surface area (Å²) in [5.74, 6) is -1.62. The van der Waals surface area contributed by atoms with E-state index in [1.807, 2.05) is 5.32 Å². The van der Waals surface area contributed by atoms with Crippen LogP contribution < -0.4 is 11.1 Å². The first-order chi connectivity index (χ1) is 5.93. The number of carboxylic acid groups (broad SMARTS) is 1. The zero-order valence-electron chi connectivity index (χ0n) is 6.98. The van der Waals surface area contributed by atoms with E-state index in [0.29, 0.717) is 0 Å². The number of imide groups is 1. The lowest BCUT2D eigenvalue weighted by Crippen LogP contribution is -2.25. The largest absolute Gasteiger partial charge is 0.480 e. The van der Waals surface area contributed by atoms with Crippen molar-refractivity contribution in [3.63, 3.8) is 0 Å². The molecule has 1 unspecified atom stereocenters. The maximum Gasteiger partial charge on any atom is 0.320 e. The molecule has 6 nitrogen and oxygen atoms in total. The predicted molar refractivity (Wildman–Crippen MR) is 43.6 cm³/mol. The molecule has 0 bridgehead atoms. The molecule has 1 heterocycles. The number of carbonyl (C=O) groups excluding carboxylic acids is 2. The Kier molecular flexibility index (Phi) is 4.39. The van der Waals surface area contributed by atoms with Gasteiger partial charge < -0.3 is 10.8 Å². The summed E-state index contributed by atoms with van der Waals surface area (Å²) in [5, 5.41) is 9.89. The van der Waals surface area contributed by atoms with Crippen LogP contribution in [0.4, 0.5) is 0 Å². The van der Waals surface area contributed by atoms with Crippen LogP contribution in [0.25, 0.3) is 0 Å². The second-order valence-corrected chi connectivity index (χ2v) is 2.31. The lowest BCUT2D eigenvalue weighted by molar-refractivity contribution is -0.138. The minimum absolute atomic E-state index is 0.329. The summed E-state index contributed by atoms with van der Waals surface area (Å²) in [4.78, 5) is 29.6. The van der Waals surface area contributed by atoms with Gasteiger partial charge in [-0.25, -0.2) is 0 Å². The zero-order chi connectivity index (χ0) is 10.4. The van der Waals surface area contributed by atoms with Crippen molar-refractivity contribution in [1.82, 2.24) is 5.32 Å². The normalized spacial score (nSPS) is 15.8. The van der Waals surface area contributed by atoms with E-state index in [4.69, 9.17) is 10.8 Å². The SMILES string of the molecule is CC(N)C(=O)O.O=C1C=CC(=O)N1. The number of hydrogen-bond acceptors (Lipinski definition) is 4. The van der Waals surface area contributed by atoms with Gasteiger partial charge in [0.2, 0.25) is 0 Å². The Morgan fingerprint density at radius 2 is 1.77 bits per heavy atom. The third-order valence-electron chi connectivity index (χ3n) is 1.02. The van der Waals surface area contributed by atoms with Gasteiger partial charge in [0.25, 0.3) is 11.8 Å². The molecular formula is C7H10N2O4. The number of amides is 2. The molecule has 1 aliphatic rings. The van der Waals surface area contributed by atoms with Crippen molar-refractivity contribution in [3.8, 4) is 0 Å². The van der Waals surface area contributed by atoms with Crippen LogP contribution >= 0.6 is 0 Å². The van der Waals surface area contributed by atoms with E-state index >= 15 is 0 Å². The van der Waals surface area contributed by atoms with Crippen LogP contribution in [0.2, 0.25) is 0 Å². The van der Waals surface area contributed by atoms with E-state index < -0.39 is 12.0 Å². The lowest BCUT2D eigenvalue weighted by Gasteiger charge is -1.90. The molecule has 0 saturated carbocycles. The van der Waals surface area contributed by atoms with E-state index in [1.54, 1.807) is 0 Å². The van der Waals surface area contributed by atoms with Crippen molar-refractivity contribution in [3.05, 3.63) is 12.2 Å². The van der Waals surface area contributed by atoms with E-state index in [1.165, 1.54) is 19.1 Å². The van der Waals surface area contributed by atoms with Crippen molar-refractivity contribution in [2.24, 2.45) is 5.73 Å². The van der Waals surface area contributed by atoms with Gasteiger partial charge in [-0.05, 0) is 6.92 Å². The molecule has 1 atom stereocenters. The summed E-state index contributed by atoms with van der Waals surface area (Å²) in [6.07, 6.45) is 2.39. The van der Waals surface area contributed by atoms with E-state index in [0.717, 1.165) is 0 Å². The molecule has 1 aliphatic heterocycles. The summed E-state index contributed by atoms with van der Waals surface area (Å²) in [6, 6.07) is -0.731. The van der Waals surface area contributed by atoms with Gasteiger partial charge in [-0.15, -0.1) is 0 Å². The molecule has 0 aromatic heterocycles. The molecule has 2 amide bonds. The number of rotatable bonds is 1. The van der Waals surface area contributed by atoms with Gasteiger partial charge in [-0.3, -0.25) is 19.7 Å². The van der Waals surface area contributed by atoms with Crippen LogP contribution in [0.15, 0.2) is 12.2 Å². The molecule has 0 fully saturated rings. The molecule has 0 saturated heterocycles. The second kappa shape index (κ2) is 5.04. The van der Waals surface area contributed by atoms with E-state index in [-0.39, 0.29) is 11.8 Å². The molecule has 0 aromatic rings. The molecule has 0 spiro atoms. The van der Waals surface area contributed by atoms with Crippen LogP contribution in [0.1, 0.15) is 6.92 Å². The zero-order valence-corrected chi connectivity index (χ0v) is 6.98. The summed E-state index contributed by atoms with van der Waals surface area (Å²) >= 11 is 0. The summed E-state index contributed by atoms with van der Waals surface area (Å²) in [5.41, 5.74) is 4.84. The van der Waals surface area contributed by atoms with Gasteiger partial charge in [-0.1, -0.05) is 0 Å². The predicted octanol–water partition coefficient (Wildman–Crippen LogP) is -1.38. The first kappa shape index (κ1) is 11.3. The minimum atomic E-state index is -0.963. The topological polar surface area (TPSA) is 109 Å². The van der Waals surface area contributed by atoms with Gasteiger partial charge in [0, 0.05) is 12.2 Å². The maximum atomic E-state index is 10.0. The number of hydrogen-bond donors (Lipinski definition) is 3. The average molecular weight is 186 g/mol. The molecule has 13 heavy (non-hydrogen) atoms. The minimum Gasteiger partial charge on any atom is -0.480 e. The number of aliphatic carboxylic acids is 1. The van der Waals surface area contributed by atoms with Gasteiger partial charge in [-0.2, -0.15) is 0 Å². The Hall–Kier alpha value is -1.69. The smallest absolute Gasteiger partial charge is 0.320 e.